The summed E-state index contributed by atoms with van der Waals surface area (Å²) in [6.07, 6.45) is 0.436. The summed E-state index contributed by atoms with van der Waals surface area (Å²) in [5, 5.41) is 19.9. The molecule has 0 fully saturated rings. The number of aryl methyl sites for hydroxylation is 1. The van der Waals surface area contributed by atoms with Gasteiger partial charge >= 0.3 is 5.63 Å². The van der Waals surface area contributed by atoms with Gasteiger partial charge in [-0.3, -0.25) is 4.99 Å². The average molecular weight is 379 g/mol. The second-order valence-corrected chi connectivity index (χ2v) is 7.58. The normalized spacial score (nSPS) is 16.3. The highest BCUT2D eigenvalue weighted by atomic mass is 32.2. The number of fused-ring (bicyclic) bond motifs is 1. The summed E-state index contributed by atoms with van der Waals surface area (Å²) in [6, 6.07) is 16.1. The number of nitrogens with zero attached hydrogens (tertiary/aromatic N) is 1. The van der Waals surface area contributed by atoms with E-state index in [0.29, 0.717) is 17.9 Å². The SMILES string of the molecule is Cc1cc(O)c(C2=Nc3ccccc3S[C@H](c3ccc(O)cc3)C2)c(=O)o1. The standard InChI is InChI=1S/C21H17NO4S/c1-12-10-17(24)20(21(25)26-12)16-11-19(13-6-8-14(23)9-7-13)27-18-5-3-2-4-15(18)22-16/h2-10,19,23-24H,11H2,1H3/t19-/m0/s1. The Bertz CT molecular complexity index is 1090. The van der Waals surface area contributed by atoms with E-state index >= 15 is 0 Å². The molecule has 6 heteroatoms. The minimum absolute atomic E-state index is 0.0342. The highest BCUT2D eigenvalue weighted by Crippen LogP contribution is 2.45. The topological polar surface area (TPSA) is 83.0 Å². The molecule has 1 atom stereocenters. The molecule has 5 nitrogen and oxygen atoms in total. The molecule has 136 valence electrons. The molecular weight excluding hydrogens is 362 g/mol. The van der Waals surface area contributed by atoms with Gasteiger partial charge in [-0.1, -0.05) is 24.3 Å². The molecule has 4 rings (SSSR count). The van der Waals surface area contributed by atoms with Crippen molar-refractivity contribution in [2.24, 2.45) is 4.99 Å². The van der Waals surface area contributed by atoms with Crippen molar-refractivity contribution in [2.45, 2.75) is 23.5 Å². The monoisotopic (exact) mass is 379 g/mol. The van der Waals surface area contributed by atoms with Gasteiger partial charge in [-0.25, -0.2) is 4.79 Å². The Kier molecular flexibility index (Phi) is 4.49. The molecule has 0 saturated carbocycles. The van der Waals surface area contributed by atoms with Crippen molar-refractivity contribution >= 4 is 23.2 Å². The van der Waals surface area contributed by atoms with Crippen LogP contribution in [-0.2, 0) is 0 Å². The summed E-state index contributed by atoms with van der Waals surface area (Å²) >= 11 is 1.64. The molecule has 0 radical (unpaired) electrons. The summed E-state index contributed by atoms with van der Waals surface area (Å²) in [5.41, 5.74) is 1.73. The Labute approximate surface area is 160 Å². The molecule has 27 heavy (non-hydrogen) atoms. The lowest BCUT2D eigenvalue weighted by Crippen LogP contribution is -2.16. The molecule has 0 aliphatic carbocycles. The number of rotatable bonds is 2. The Morgan fingerprint density at radius 2 is 1.85 bits per heavy atom. The third kappa shape index (κ3) is 3.48. The van der Waals surface area contributed by atoms with Crippen LogP contribution in [0.1, 0.15) is 28.6 Å². The van der Waals surface area contributed by atoms with E-state index in [2.05, 4.69) is 4.99 Å². The van der Waals surface area contributed by atoms with E-state index in [1.807, 2.05) is 36.4 Å². The first-order valence-corrected chi connectivity index (χ1v) is 9.35. The lowest BCUT2D eigenvalue weighted by Gasteiger charge is -2.16. The molecule has 0 bridgehead atoms. The lowest BCUT2D eigenvalue weighted by atomic mass is 10.0. The van der Waals surface area contributed by atoms with Crippen LogP contribution in [0.3, 0.4) is 0 Å². The summed E-state index contributed by atoms with van der Waals surface area (Å²) in [5.74, 6) is 0.417. The number of aromatic hydroxyl groups is 2. The van der Waals surface area contributed by atoms with Gasteiger partial charge in [0.25, 0.3) is 0 Å². The first kappa shape index (κ1) is 17.4. The van der Waals surface area contributed by atoms with Gasteiger partial charge < -0.3 is 14.6 Å². The third-order valence-electron chi connectivity index (χ3n) is 4.38. The Morgan fingerprint density at radius 1 is 1.11 bits per heavy atom. The number of hydrogen-bond donors (Lipinski definition) is 2. The minimum Gasteiger partial charge on any atom is -0.508 e. The van der Waals surface area contributed by atoms with Gasteiger partial charge in [-0.05, 0) is 36.8 Å². The second kappa shape index (κ2) is 6.96. The number of phenolic OH excluding ortho intramolecular Hbond substituents is 1. The van der Waals surface area contributed by atoms with Crippen molar-refractivity contribution in [1.29, 1.82) is 0 Å². The molecule has 1 aliphatic rings. The van der Waals surface area contributed by atoms with Crippen molar-refractivity contribution in [3.05, 3.63) is 81.9 Å². The molecular formula is C21H17NO4S. The highest BCUT2D eigenvalue weighted by molar-refractivity contribution is 7.99. The maximum Gasteiger partial charge on any atom is 0.348 e. The number of para-hydroxylation sites is 1. The van der Waals surface area contributed by atoms with Crippen molar-refractivity contribution in [3.8, 4) is 11.5 Å². The minimum atomic E-state index is -0.597. The third-order valence-corrected chi connectivity index (χ3v) is 5.70. The number of hydrogen-bond acceptors (Lipinski definition) is 6. The molecule has 0 saturated heterocycles. The van der Waals surface area contributed by atoms with Crippen molar-refractivity contribution in [2.75, 3.05) is 0 Å². The zero-order valence-electron chi connectivity index (χ0n) is 14.5. The number of phenols is 1. The molecule has 0 spiro atoms. The quantitative estimate of drug-likeness (QED) is 0.673. The fraction of sp³-hybridized carbons (Fsp3) is 0.143. The molecule has 0 unspecified atom stereocenters. The first-order chi connectivity index (χ1) is 13.0. The van der Waals surface area contributed by atoms with Crippen LogP contribution in [0.4, 0.5) is 5.69 Å². The molecule has 2 heterocycles. The predicted octanol–water partition coefficient (Wildman–Crippen LogP) is 4.72. The average Bonchev–Trinajstić information content (AvgIpc) is 2.81. The Morgan fingerprint density at radius 3 is 2.59 bits per heavy atom. The van der Waals surface area contributed by atoms with Gasteiger partial charge in [0.1, 0.15) is 22.8 Å². The van der Waals surface area contributed by atoms with E-state index in [9.17, 15) is 15.0 Å². The van der Waals surface area contributed by atoms with E-state index < -0.39 is 5.63 Å². The molecule has 0 amide bonds. The Balaban J connectivity index is 1.86. The van der Waals surface area contributed by atoms with E-state index in [0.717, 1.165) is 16.1 Å². The van der Waals surface area contributed by atoms with Crippen LogP contribution < -0.4 is 5.63 Å². The van der Waals surface area contributed by atoms with E-state index in [4.69, 9.17) is 4.42 Å². The largest absolute Gasteiger partial charge is 0.508 e. The van der Waals surface area contributed by atoms with Gasteiger partial charge in [-0.2, -0.15) is 0 Å². The van der Waals surface area contributed by atoms with Crippen LogP contribution in [0.25, 0.3) is 0 Å². The smallest absolute Gasteiger partial charge is 0.348 e. The number of aliphatic imine (C=N–C) groups is 1. The maximum absolute atomic E-state index is 12.4. The summed E-state index contributed by atoms with van der Waals surface area (Å²) < 4.78 is 5.19. The van der Waals surface area contributed by atoms with Crippen LogP contribution >= 0.6 is 11.8 Å². The second-order valence-electron chi connectivity index (χ2n) is 6.33. The number of benzene rings is 2. The van der Waals surface area contributed by atoms with Crippen LogP contribution in [0.2, 0.25) is 0 Å². The van der Waals surface area contributed by atoms with Gasteiger partial charge in [0, 0.05) is 22.6 Å². The van der Waals surface area contributed by atoms with Crippen LogP contribution in [0.5, 0.6) is 11.5 Å². The van der Waals surface area contributed by atoms with Crippen LogP contribution in [0.15, 0.2) is 73.7 Å². The number of thioether (sulfide) groups is 1. The van der Waals surface area contributed by atoms with Crippen LogP contribution in [-0.4, -0.2) is 15.9 Å². The Hall–Kier alpha value is -2.99. The summed E-state index contributed by atoms with van der Waals surface area (Å²) in [4.78, 5) is 18.1. The highest BCUT2D eigenvalue weighted by Gasteiger charge is 2.26. The zero-order chi connectivity index (χ0) is 19.0. The maximum atomic E-state index is 12.4. The predicted molar refractivity (Wildman–Crippen MR) is 105 cm³/mol. The van der Waals surface area contributed by atoms with E-state index in [1.165, 1.54) is 6.07 Å². The lowest BCUT2D eigenvalue weighted by molar-refractivity contribution is 0.432. The van der Waals surface area contributed by atoms with Crippen molar-refractivity contribution in [1.82, 2.24) is 0 Å². The fourth-order valence-corrected chi connectivity index (χ4v) is 4.34. The molecule has 2 aromatic carbocycles. The fourth-order valence-electron chi connectivity index (χ4n) is 3.11. The first-order valence-electron chi connectivity index (χ1n) is 8.47. The van der Waals surface area contributed by atoms with Crippen molar-refractivity contribution < 1.29 is 14.6 Å². The molecule has 1 aromatic heterocycles. The molecule has 2 N–H and O–H groups in total. The van der Waals surface area contributed by atoms with Gasteiger partial charge in [0.2, 0.25) is 0 Å². The molecule has 1 aliphatic heterocycles. The summed E-state index contributed by atoms with van der Waals surface area (Å²) in [7, 11) is 0. The van der Waals surface area contributed by atoms with Gasteiger partial charge in [0.15, 0.2) is 0 Å². The van der Waals surface area contributed by atoms with E-state index in [-0.39, 0.29) is 22.3 Å². The van der Waals surface area contributed by atoms with E-state index in [1.54, 1.807) is 30.8 Å². The zero-order valence-corrected chi connectivity index (χ0v) is 15.4. The van der Waals surface area contributed by atoms with Crippen LogP contribution in [0, 0.1) is 6.92 Å². The van der Waals surface area contributed by atoms with Gasteiger partial charge in [0.05, 0.1) is 11.4 Å². The van der Waals surface area contributed by atoms with Crippen molar-refractivity contribution in [3.63, 3.8) is 0 Å². The van der Waals surface area contributed by atoms with Gasteiger partial charge in [-0.15, -0.1) is 11.8 Å². The molecule has 3 aromatic rings. The summed E-state index contributed by atoms with van der Waals surface area (Å²) in [6.45, 7) is 1.62.